The highest BCUT2D eigenvalue weighted by Gasteiger charge is 2.49. The third-order valence-electron chi connectivity index (χ3n) is 5.53. The van der Waals surface area contributed by atoms with Gasteiger partial charge in [0, 0.05) is 36.4 Å². The minimum absolute atomic E-state index is 0.00105. The van der Waals surface area contributed by atoms with Crippen LogP contribution in [0.25, 0.3) is 0 Å². The average Bonchev–Trinajstić information content (AvgIpc) is 2.77. The largest absolute Gasteiger partial charge is 0.356 e. The molecule has 0 aromatic heterocycles. The number of likely N-dealkylation sites (tertiary alicyclic amines) is 1. The first-order valence-corrected chi connectivity index (χ1v) is 8.56. The van der Waals surface area contributed by atoms with Crippen molar-refractivity contribution in [3.8, 4) is 0 Å². The first kappa shape index (κ1) is 16.0. The lowest BCUT2D eigenvalue weighted by molar-refractivity contribution is -0.144. The van der Waals surface area contributed by atoms with Gasteiger partial charge in [0.2, 0.25) is 11.8 Å². The summed E-state index contributed by atoms with van der Waals surface area (Å²) in [5, 5.41) is 2.81. The lowest BCUT2D eigenvalue weighted by atomic mass is 9.82. The van der Waals surface area contributed by atoms with Crippen molar-refractivity contribution in [2.75, 3.05) is 6.54 Å². The number of benzene rings is 1. The fourth-order valence-corrected chi connectivity index (χ4v) is 4.39. The van der Waals surface area contributed by atoms with Crippen LogP contribution in [0, 0.1) is 5.92 Å². The maximum atomic E-state index is 13.1. The molecule has 0 bridgehead atoms. The summed E-state index contributed by atoms with van der Waals surface area (Å²) in [6.07, 6.45) is 2.05. The van der Waals surface area contributed by atoms with Crippen LogP contribution in [0.1, 0.15) is 51.5 Å². The van der Waals surface area contributed by atoms with E-state index in [0.29, 0.717) is 18.9 Å². The molecule has 2 heterocycles. The van der Waals surface area contributed by atoms with Gasteiger partial charge in [-0.05, 0) is 39.2 Å². The fraction of sp³-hybridized carbons (Fsp3) is 0.579. The van der Waals surface area contributed by atoms with Gasteiger partial charge in [-0.25, -0.2) is 0 Å². The third-order valence-corrected chi connectivity index (χ3v) is 5.53. The first-order chi connectivity index (χ1) is 10.9. The van der Waals surface area contributed by atoms with E-state index >= 15 is 0 Å². The number of hydrogen-bond acceptors (Lipinski definition) is 2. The Balaban J connectivity index is 1.84. The molecule has 2 aliphatic heterocycles. The van der Waals surface area contributed by atoms with Gasteiger partial charge in [0.1, 0.15) is 0 Å². The molecule has 23 heavy (non-hydrogen) atoms. The molecule has 2 fully saturated rings. The van der Waals surface area contributed by atoms with Crippen molar-refractivity contribution in [2.24, 2.45) is 5.92 Å². The van der Waals surface area contributed by atoms with Crippen LogP contribution in [-0.2, 0) is 9.59 Å². The van der Waals surface area contributed by atoms with Gasteiger partial charge >= 0.3 is 0 Å². The second-order valence-corrected chi connectivity index (χ2v) is 7.45. The number of carbonyl (C=O) groups is 2. The SMILES string of the molecule is C[C@@H]1C[C@H](c2ccccc2)C(C)(C)N1C(=O)C1CCNC(=O)C1. The molecule has 3 atom stereocenters. The summed E-state index contributed by atoms with van der Waals surface area (Å²) in [6, 6.07) is 10.7. The number of nitrogens with zero attached hydrogens (tertiary/aromatic N) is 1. The van der Waals surface area contributed by atoms with E-state index < -0.39 is 0 Å². The minimum Gasteiger partial charge on any atom is -0.356 e. The van der Waals surface area contributed by atoms with Crippen LogP contribution < -0.4 is 5.32 Å². The van der Waals surface area contributed by atoms with Crippen molar-refractivity contribution in [3.63, 3.8) is 0 Å². The van der Waals surface area contributed by atoms with Crippen LogP contribution in [0.5, 0.6) is 0 Å². The third kappa shape index (κ3) is 2.87. The van der Waals surface area contributed by atoms with Crippen molar-refractivity contribution in [1.29, 1.82) is 0 Å². The van der Waals surface area contributed by atoms with Crippen LogP contribution in [0.4, 0.5) is 0 Å². The molecular weight excluding hydrogens is 288 g/mol. The summed E-state index contributed by atoms with van der Waals surface area (Å²) in [7, 11) is 0. The summed E-state index contributed by atoms with van der Waals surface area (Å²) < 4.78 is 0. The quantitative estimate of drug-likeness (QED) is 0.912. The Morgan fingerprint density at radius 1 is 1.26 bits per heavy atom. The number of carbonyl (C=O) groups excluding carboxylic acids is 2. The second kappa shape index (κ2) is 5.99. The Bertz CT molecular complexity index is 597. The summed E-state index contributed by atoms with van der Waals surface area (Å²) in [5.74, 6) is 0.315. The van der Waals surface area contributed by atoms with Crippen LogP contribution in [0.2, 0.25) is 0 Å². The zero-order valence-corrected chi connectivity index (χ0v) is 14.2. The Morgan fingerprint density at radius 2 is 1.96 bits per heavy atom. The number of hydrogen-bond donors (Lipinski definition) is 1. The molecule has 4 heteroatoms. The standard InChI is InChI=1S/C19H26N2O2/c1-13-11-16(14-7-5-4-6-8-14)19(2,3)21(13)18(23)15-9-10-20-17(22)12-15/h4-8,13,15-16H,9-12H2,1-3H3,(H,20,22)/t13-,15?,16-/m1/s1. The molecule has 0 spiro atoms. The van der Waals surface area contributed by atoms with Gasteiger partial charge in [0.25, 0.3) is 0 Å². The number of amides is 2. The normalized spacial score (nSPS) is 30.1. The predicted molar refractivity (Wildman–Crippen MR) is 89.9 cm³/mol. The van der Waals surface area contributed by atoms with E-state index in [1.54, 1.807) is 0 Å². The predicted octanol–water partition coefficient (Wildman–Crippen LogP) is 2.70. The van der Waals surface area contributed by atoms with E-state index in [9.17, 15) is 9.59 Å². The monoisotopic (exact) mass is 314 g/mol. The molecule has 2 saturated heterocycles. The van der Waals surface area contributed by atoms with Crippen LogP contribution in [0.15, 0.2) is 30.3 Å². The zero-order chi connectivity index (χ0) is 16.6. The van der Waals surface area contributed by atoms with Crippen LogP contribution >= 0.6 is 0 Å². The van der Waals surface area contributed by atoms with Crippen molar-refractivity contribution >= 4 is 11.8 Å². The van der Waals surface area contributed by atoms with E-state index in [0.717, 1.165) is 12.8 Å². The number of rotatable bonds is 2. The number of nitrogens with one attached hydrogen (secondary N) is 1. The maximum Gasteiger partial charge on any atom is 0.226 e. The maximum absolute atomic E-state index is 13.1. The molecule has 0 aliphatic carbocycles. The number of piperidine rings is 1. The van der Waals surface area contributed by atoms with Crippen molar-refractivity contribution in [3.05, 3.63) is 35.9 Å². The first-order valence-electron chi connectivity index (χ1n) is 8.56. The molecule has 124 valence electrons. The summed E-state index contributed by atoms with van der Waals surface area (Å²) in [6.45, 7) is 7.06. The molecule has 0 radical (unpaired) electrons. The van der Waals surface area contributed by atoms with Gasteiger partial charge in [-0.1, -0.05) is 30.3 Å². The topological polar surface area (TPSA) is 49.4 Å². The molecule has 2 amide bonds. The molecule has 1 N–H and O–H groups in total. The molecule has 1 aromatic carbocycles. The smallest absolute Gasteiger partial charge is 0.226 e. The van der Waals surface area contributed by atoms with E-state index in [-0.39, 0.29) is 29.3 Å². The van der Waals surface area contributed by atoms with Crippen LogP contribution in [0.3, 0.4) is 0 Å². The zero-order valence-electron chi connectivity index (χ0n) is 14.2. The van der Waals surface area contributed by atoms with Gasteiger partial charge in [0.15, 0.2) is 0 Å². The van der Waals surface area contributed by atoms with Crippen molar-refractivity contribution in [2.45, 2.75) is 57.5 Å². The lowest BCUT2D eigenvalue weighted by Gasteiger charge is -2.40. The Kier molecular flexibility index (Phi) is 4.17. The Labute approximate surface area is 138 Å². The Hall–Kier alpha value is -1.84. The molecule has 2 aliphatic rings. The minimum atomic E-state index is -0.230. The molecular formula is C19H26N2O2. The van der Waals surface area contributed by atoms with Gasteiger partial charge in [-0.3, -0.25) is 9.59 Å². The highest BCUT2D eigenvalue weighted by molar-refractivity contribution is 5.87. The summed E-state index contributed by atoms with van der Waals surface area (Å²) in [5.41, 5.74) is 1.06. The van der Waals surface area contributed by atoms with Crippen molar-refractivity contribution in [1.82, 2.24) is 10.2 Å². The molecule has 1 unspecified atom stereocenters. The van der Waals surface area contributed by atoms with E-state index in [4.69, 9.17) is 0 Å². The molecule has 0 saturated carbocycles. The Morgan fingerprint density at radius 3 is 2.61 bits per heavy atom. The molecule has 1 aromatic rings. The lowest BCUT2D eigenvalue weighted by Crippen LogP contribution is -2.52. The average molecular weight is 314 g/mol. The molecule has 4 nitrogen and oxygen atoms in total. The van der Waals surface area contributed by atoms with E-state index in [2.05, 4.69) is 50.4 Å². The van der Waals surface area contributed by atoms with Gasteiger partial charge in [-0.2, -0.15) is 0 Å². The fourth-order valence-electron chi connectivity index (χ4n) is 4.39. The van der Waals surface area contributed by atoms with E-state index in [1.165, 1.54) is 5.56 Å². The summed E-state index contributed by atoms with van der Waals surface area (Å²) >= 11 is 0. The summed E-state index contributed by atoms with van der Waals surface area (Å²) in [4.78, 5) is 26.8. The van der Waals surface area contributed by atoms with Gasteiger partial charge in [-0.15, -0.1) is 0 Å². The molecule has 3 rings (SSSR count). The van der Waals surface area contributed by atoms with Gasteiger partial charge in [0.05, 0.1) is 0 Å². The van der Waals surface area contributed by atoms with Crippen LogP contribution in [-0.4, -0.2) is 34.8 Å². The highest BCUT2D eigenvalue weighted by atomic mass is 16.2. The highest BCUT2D eigenvalue weighted by Crippen LogP contribution is 2.46. The van der Waals surface area contributed by atoms with E-state index in [1.807, 2.05) is 11.0 Å². The van der Waals surface area contributed by atoms with Gasteiger partial charge < -0.3 is 10.2 Å². The van der Waals surface area contributed by atoms with Crippen molar-refractivity contribution < 1.29 is 9.59 Å². The second-order valence-electron chi connectivity index (χ2n) is 7.45.